The second-order valence-corrected chi connectivity index (χ2v) is 6.77. The first-order chi connectivity index (χ1) is 14.9. The zero-order chi connectivity index (χ0) is 22.4. The van der Waals surface area contributed by atoms with Gasteiger partial charge in [-0.1, -0.05) is 30.9 Å². The third-order valence-corrected chi connectivity index (χ3v) is 4.44. The van der Waals surface area contributed by atoms with Crippen molar-refractivity contribution in [3.05, 3.63) is 90.2 Å². The molecule has 2 aromatic rings. The standard InChI is InChI=1S/C25H23NO5/c1-4-5-19(12-13-26)25-23(18-6-9-21(10-7-18)29-16(2)27)14-20-8-11-22(30-17(3)28)15-24(20)31-25/h4-15,25H,1,26H2,2-3H3/b13-12-,19-5+. The van der Waals surface area contributed by atoms with Crippen LogP contribution in [0.15, 0.2) is 79.0 Å². The highest BCUT2D eigenvalue weighted by molar-refractivity contribution is 5.89. The highest BCUT2D eigenvalue weighted by Crippen LogP contribution is 2.39. The third kappa shape index (κ3) is 5.30. The van der Waals surface area contributed by atoms with Gasteiger partial charge in [0, 0.05) is 31.1 Å². The van der Waals surface area contributed by atoms with Gasteiger partial charge in [0.05, 0.1) is 0 Å². The van der Waals surface area contributed by atoms with E-state index >= 15 is 0 Å². The number of carbonyl (C=O) groups excluding carboxylic acids is 2. The highest BCUT2D eigenvalue weighted by Gasteiger charge is 2.27. The van der Waals surface area contributed by atoms with Gasteiger partial charge in [0.15, 0.2) is 0 Å². The van der Waals surface area contributed by atoms with E-state index in [9.17, 15) is 9.59 Å². The van der Waals surface area contributed by atoms with Crippen molar-refractivity contribution in [2.45, 2.75) is 20.0 Å². The Morgan fingerprint density at radius 2 is 1.68 bits per heavy atom. The van der Waals surface area contributed by atoms with Gasteiger partial charge >= 0.3 is 11.9 Å². The van der Waals surface area contributed by atoms with Crippen LogP contribution in [0.4, 0.5) is 0 Å². The molecule has 0 aliphatic carbocycles. The number of allylic oxidation sites excluding steroid dienone is 2. The monoisotopic (exact) mass is 417 g/mol. The van der Waals surface area contributed by atoms with Crippen molar-refractivity contribution in [3.8, 4) is 17.2 Å². The van der Waals surface area contributed by atoms with Gasteiger partial charge in [-0.05, 0) is 53.8 Å². The lowest BCUT2D eigenvalue weighted by Gasteiger charge is -2.29. The molecule has 1 unspecified atom stereocenters. The van der Waals surface area contributed by atoms with E-state index in [1.54, 1.807) is 36.4 Å². The minimum atomic E-state index is -0.488. The molecule has 6 nitrogen and oxygen atoms in total. The van der Waals surface area contributed by atoms with Crippen LogP contribution >= 0.6 is 0 Å². The lowest BCUT2D eigenvalue weighted by molar-refractivity contribution is -0.132. The lowest BCUT2D eigenvalue weighted by atomic mass is 9.90. The third-order valence-electron chi connectivity index (χ3n) is 4.44. The van der Waals surface area contributed by atoms with Crippen LogP contribution in [0.2, 0.25) is 0 Å². The van der Waals surface area contributed by atoms with Gasteiger partial charge in [0.25, 0.3) is 0 Å². The molecule has 1 aliphatic heterocycles. The average Bonchev–Trinajstić information content (AvgIpc) is 2.72. The van der Waals surface area contributed by atoms with Crippen LogP contribution in [-0.2, 0) is 9.59 Å². The number of benzene rings is 2. The van der Waals surface area contributed by atoms with Gasteiger partial charge in [-0.15, -0.1) is 0 Å². The van der Waals surface area contributed by atoms with Crippen LogP contribution in [0.3, 0.4) is 0 Å². The van der Waals surface area contributed by atoms with Gasteiger partial charge in [-0.25, -0.2) is 0 Å². The maximum absolute atomic E-state index is 11.3. The molecular formula is C25H23NO5. The Morgan fingerprint density at radius 1 is 1.03 bits per heavy atom. The van der Waals surface area contributed by atoms with Crippen LogP contribution in [0.5, 0.6) is 17.2 Å². The molecule has 31 heavy (non-hydrogen) atoms. The summed E-state index contributed by atoms with van der Waals surface area (Å²) in [7, 11) is 0. The molecule has 158 valence electrons. The molecule has 0 bridgehead atoms. The normalized spacial score (nSPS) is 15.5. The van der Waals surface area contributed by atoms with Crippen LogP contribution in [0.1, 0.15) is 25.0 Å². The summed E-state index contributed by atoms with van der Waals surface area (Å²) in [6.45, 7) is 6.47. The maximum Gasteiger partial charge on any atom is 0.308 e. The fraction of sp³-hybridized carbons (Fsp3) is 0.120. The summed E-state index contributed by atoms with van der Waals surface area (Å²) >= 11 is 0. The summed E-state index contributed by atoms with van der Waals surface area (Å²) < 4.78 is 16.6. The van der Waals surface area contributed by atoms with Crippen molar-refractivity contribution in [3.63, 3.8) is 0 Å². The Balaban J connectivity index is 2.08. The number of carbonyl (C=O) groups is 2. The van der Waals surface area contributed by atoms with E-state index in [4.69, 9.17) is 19.9 Å². The molecule has 6 heteroatoms. The van der Waals surface area contributed by atoms with E-state index in [1.807, 2.05) is 30.4 Å². The Morgan fingerprint density at radius 3 is 2.29 bits per heavy atom. The minimum absolute atomic E-state index is 0.382. The molecule has 1 aliphatic rings. The van der Waals surface area contributed by atoms with Crippen molar-refractivity contribution in [1.29, 1.82) is 0 Å². The zero-order valence-electron chi connectivity index (χ0n) is 17.3. The molecule has 1 heterocycles. The minimum Gasteiger partial charge on any atom is -0.480 e. The van der Waals surface area contributed by atoms with Gasteiger partial charge in [-0.2, -0.15) is 0 Å². The molecule has 3 rings (SSSR count). The topological polar surface area (TPSA) is 87.8 Å². The molecule has 0 aromatic heterocycles. The summed E-state index contributed by atoms with van der Waals surface area (Å²) in [6.07, 6.45) is 8.17. The summed E-state index contributed by atoms with van der Waals surface area (Å²) in [6, 6.07) is 12.4. The SMILES string of the molecule is C=C/C=C(\C=C/N)C1Oc2cc(OC(C)=O)ccc2C=C1c1ccc(OC(C)=O)cc1. The maximum atomic E-state index is 11.3. The fourth-order valence-corrected chi connectivity index (χ4v) is 3.24. The Labute approximate surface area is 180 Å². The predicted molar refractivity (Wildman–Crippen MR) is 119 cm³/mol. The molecule has 0 spiro atoms. The Kier molecular flexibility index (Phi) is 6.72. The number of esters is 2. The molecule has 1 atom stereocenters. The lowest BCUT2D eigenvalue weighted by Crippen LogP contribution is -2.24. The number of rotatable bonds is 6. The summed E-state index contributed by atoms with van der Waals surface area (Å²) in [5, 5.41) is 0. The molecule has 0 radical (unpaired) electrons. The van der Waals surface area contributed by atoms with E-state index in [1.165, 1.54) is 20.0 Å². The Bertz CT molecular complexity index is 1090. The first kappa shape index (κ1) is 21.6. The molecule has 0 saturated heterocycles. The van der Waals surface area contributed by atoms with E-state index in [0.717, 1.165) is 22.3 Å². The number of fused-ring (bicyclic) bond motifs is 1. The van der Waals surface area contributed by atoms with Crippen molar-refractivity contribution in [2.24, 2.45) is 5.73 Å². The fourth-order valence-electron chi connectivity index (χ4n) is 3.24. The molecular weight excluding hydrogens is 394 g/mol. The summed E-state index contributed by atoms with van der Waals surface area (Å²) in [4.78, 5) is 22.5. The van der Waals surface area contributed by atoms with Crippen molar-refractivity contribution in [2.75, 3.05) is 0 Å². The van der Waals surface area contributed by atoms with Crippen LogP contribution in [0.25, 0.3) is 11.6 Å². The van der Waals surface area contributed by atoms with Crippen LogP contribution < -0.4 is 19.9 Å². The number of hydrogen-bond donors (Lipinski definition) is 1. The van der Waals surface area contributed by atoms with E-state index in [-0.39, 0.29) is 5.97 Å². The van der Waals surface area contributed by atoms with Crippen molar-refractivity contribution in [1.82, 2.24) is 0 Å². The van der Waals surface area contributed by atoms with Crippen molar-refractivity contribution < 1.29 is 23.8 Å². The quantitative estimate of drug-likeness (QED) is 0.425. The highest BCUT2D eigenvalue weighted by atomic mass is 16.5. The summed E-state index contributed by atoms with van der Waals surface area (Å²) in [5.74, 6) is 0.642. The number of hydrogen-bond acceptors (Lipinski definition) is 6. The number of nitrogens with two attached hydrogens (primary N) is 1. The zero-order valence-corrected chi connectivity index (χ0v) is 17.3. The van der Waals surface area contributed by atoms with Crippen LogP contribution in [-0.4, -0.2) is 18.0 Å². The van der Waals surface area contributed by atoms with Gasteiger partial charge < -0.3 is 19.9 Å². The Hall–Kier alpha value is -4.06. The van der Waals surface area contributed by atoms with Gasteiger partial charge in [0.1, 0.15) is 23.4 Å². The van der Waals surface area contributed by atoms with Crippen LogP contribution in [0, 0.1) is 0 Å². The first-order valence-electron chi connectivity index (χ1n) is 9.61. The average molecular weight is 417 g/mol. The molecule has 0 fully saturated rings. The smallest absolute Gasteiger partial charge is 0.308 e. The van der Waals surface area contributed by atoms with E-state index < -0.39 is 12.1 Å². The second-order valence-electron chi connectivity index (χ2n) is 6.77. The van der Waals surface area contributed by atoms with Gasteiger partial charge in [-0.3, -0.25) is 9.59 Å². The molecule has 2 N–H and O–H groups in total. The predicted octanol–water partition coefficient (Wildman–Crippen LogP) is 4.42. The second kappa shape index (κ2) is 9.63. The van der Waals surface area contributed by atoms with E-state index in [2.05, 4.69) is 6.58 Å². The van der Waals surface area contributed by atoms with Crippen molar-refractivity contribution >= 4 is 23.6 Å². The van der Waals surface area contributed by atoms with Gasteiger partial charge in [0.2, 0.25) is 0 Å². The van der Waals surface area contributed by atoms with E-state index in [0.29, 0.717) is 17.2 Å². The first-order valence-corrected chi connectivity index (χ1v) is 9.61. The molecule has 2 aromatic carbocycles. The summed E-state index contributed by atoms with van der Waals surface area (Å²) in [5.41, 5.74) is 9.04. The molecule has 0 amide bonds. The number of ether oxygens (including phenoxy) is 3. The largest absolute Gasteiger partial charge is 0.480 e. The molecule has 0 saturated carbocycles.